The number of carbonyl (C=O) groups is 1. The average molecular weight is 182 g/mol. The van der Waals surface area contributed by atoms with E-state index in [1.165, 1.54) is 0 Å². The van der Waals surface area contributed by atoms with Gasteiger partial charge in [-0.2, -0.15) is 0 Å². The molecule has 1 aliphatic carbocycles. The normalized spacial score (nSPS) is 23.3. The molecule has 1 saturated carbocycles. The Bertz CT molecular complexity index is 271. The van der Waals surface area contributed by atoms with Crippen LogP contribution in [0.4, 0.5) is 0 Å². The fraction of sp³-hybridized carbons (Fsp3) is 0.500. The minimum atomic E-state index is 0.149. The molecule has 2 rings (SSSR count). The first-order valence-corrected chi connectivity index (χ1v) is 4.93. The lowest BCUT2D eigenvalue weighted by Gasteiger charge is -2.02. The Balaban J connectivity index is 1.99. The smallest absolute Gasteiger partial charge is 0.165 e. The molecule has 1 N–H and O–H groups in total. The van der Waals surface area contributed by atoms with Crippen LogP contribution in [-0.2, 0) is 4.79 Å². The minimum absolute atomic E-state index is 0.149. The van der Waals surface area contributed by atoms with Gasteiger partial charge in [0, 0.05) is 18.8 Å². The molecular weight excluding hydrogens is 172 g/mol. The van der Waals surface area contributed by atoms with Crippen molar-refractivity contribution < 1.29 is 4.79 Å². The number of H-pyrrole nitrogens is 1. The Labute approximate surface area is 75.0 Å². The van der Waals surface area contributed by atoms with Gasteiger partial charge >= 0.3 is 0 Å². The molecule has 0 aliphatic heterocycles. The van der Waals surface area contributed by atoms with Crippen molar-refractivity contribution in [1.29, 1.82) is 0 Å². The summed E-state index contributed by atoms with van der Waals surface area (Å²) in [6.45, 7) is 0. The van der Waals surface area contributed by atoms with Gasteiger partial charge < -0.3 is 4.98 Å². The number of hydrogen-bond acceptors (Lipinski definition) is 3. The predicted octanol–water partition coefficient (Wildman–Crippen LogP) is 1.62. The molecule has 0 radical (unpaired) electrons. The van der Waals surface area contributed by atoms with Crippen molar-refractivity contribution in [2.75, 3.05) is 0 Å². The number of nitrogens with one attached hydrogen (secondary N) is 1. The van der Waals surface area contributed by atoms with E-state index in [1.807, 2.05) is 0 Å². The monoisotopic (exact) mass is 182 g/mol. The van der Waals surface area contributed by atoms with Crippen molar-refractivity contribution in [3.8, 4) is 0 Å². The van der Waals surface area contributed by atoms with Gasteiger partial charge in [0.05, 0.1) is 5.25 Å². The molecule has 0 amide bonds. The van der Waals surface area contributed by atoms with E-state index < -0.39 is 0 Å². The standard InChI is InChI=1S/C8H10N2OS/c11-6-2-1-3-7(6)12-8-9-4-5-10-8/h4-5,7H,1-3H2,(H,9,10). The molecule has 1 fully saturated rings. The van der Waals surface area contributed by atoms with Gasteiger partial charge in [0.25, 0.3) is 0 Å². The number of rotatable bonds is 2. The second kappa shape index (κ2) is 3.31. The summed E-state index contributed by atoms with van der Waals surface area (Å²) < 4.78 is 0. The number of thioether (sulfide) groups is 1. The molecule has 0 saturated heterocycles. The summed E-state index contributed by atoms with van der Waals surface area (Å²) in [5, 5.41) is 1.01. The predicted molar refractivity (Wildman–Crippen MR) is 47.1 cm³/mol. The molecule has 1 heterocycles. The molecule has 1 unspecified atom stereocenters. The van der Waals surface area contributed by atoms with Gasteiger partial charge in [-0.25, -0.2) is 4.98 Å². The van der Waals surface area contributed by atoms with E-state index in [2.05, 4.69) is 9.97 Å². The zero-order valence-electron chi connectivity index (χ0n) is 6.62. The van der Waals surface area contributed by atoms with Crippen molar-refractivity contribution in [1.82, 2.24) is 9.97 Å². The van der Waals surface area contributed by atoms with Crippen LogP contribution in [0, 0.1) is 0 Å². The lowest BCUT2D eigenvalue weighted by atomic mass is 10.3. The summed E-state index contributed by atoms with van der Waals surface area (Å²) in [5.74, 6) is 0.372. The lowest BCUT2D eigenvalue weighted by molar-refractivity contribution is -0.116. The van der Waals surface area contributed by atoms with Gasteiger partial charge in [-0.15, -0.1) is 0 Å². The number of aromatic amines is 1. The highest BCUT2D eigenvalue weighted by molar-refractivity contribution is 8.00. The van der Waals surface area contributed by atoms with Crippen LogP contribution in [0.2, 0.25) is 0 Å². The number of aromatic nitrogens is 2. The maximum Gasteiger partial charge on any atom is 0.165 e. The molecule has 64 valence electrons. The molecule has 0 spiro atoms. The van der Waals surface area contributed by atoms with Gasteiger partial charge in [-0.1, -0.05) is 11.8 Å². The number of hydrogen-bond donors (Lipinski definition) is 1. The molecule has 1 aromatic rings. The third-order valence-corrected chi connectivity index (χ3v) is 3.21. The molecule has 1 aliphatic rings. The number of nitrogens with zero attached hydrogens (tertiary/aromatic N) is 1. The van der Waals surface area contributed by atoms with E-state index in [0.717, 1.165) is 24.4 Å². The third-order valence-electron chi connectivity index (χ3n) is 1.98. The first kappa shape index (κ1) is 7.86. The Morgan fingerprint density at radius 3 is 3.17 bits per heavy atom. The van der Waals surface area contributed by atoms with Crippen LogP contribution in [0.1, 0.15) is 19.3 Å². The van der Waals surface area contributed by atoms with E-state index in [1.54, 1.807) is 24.2 Å². The molecule has 4 heteroatoms. The number of ketones is 1. The van der Waals surface area contributed by atoms with Gasteiger partial charge in [0.15, 0.2) is 5.16 Å². The summed E-state index contributed by atoms with van der Waals surface area (Å²) >= 11 is 1.55. The van der Waals surface area contributed by atoms with Crippen LogP contribution in [-0.4, -0.2) is 21.0 Å². The summed E-state index contributed by atoms with van der Waals surface area (Å²) in [4.78, 5) is 18.3. The Kier molecular flexibility index (Phi) is 2.17. The molecule has 0 bridgehead atoms. The van der Waals surface area contributed by atoms with Gasteiger partial charge in [-0.05, 0) is 12.8 Å². The zero-order chi connectivity index (χ0) is 8.39. The summed E-state index contributed by atoms with van der Waals surface area (Å²) in [5.41, 5.74) is 0. The Hall–Kier alpha value is -0.770. The topological polar surface area (TPSA) is 45.8 Å². The van der Waals surface area contributed by atoms with E-state index in [0.29, 0.717) is 5.78 Å². The largest absolute Gasteiger partial charge is 0.340 e. The molecule has 12 heavy (non-hydrogen) atoms. The molecule has 0 aromatic carbocycles. The minimum Gasteiger partial charge on any atom is -0.340 e. The van der Waals surface area contributed by atoms with Crippen molar-refractivity contribution in [2.45, 2.75) is 29.7 Å². The van der Waals surface area contributed by atoms with Crippen molar-refractivity contribution >= 4 is 17.5 Å². The zero-order valence-corrected chi connectivity index (χ0v) is 7.43. The average Bonchev–Trinajstić information content (AvgIpc) is 2.65. The van der Waals surface area contributed by atoms with Crippen LogP contribution in [0.3, 0.4) is 0 Å². The molecular formula is C8H10N2OS. The molecule has 3 nitrogen and oxygen atoms in total. The van der Waals surface area contributed by atoms with E-state index in [4.69, 9.17) is 0 Å². The second-order valence-corrected chi connectivity index (χ2v) is 4.05. The van der Waals surface area contributed by atoms with Crippen LogP contribution in [0.5, 0.6) is 0 Å². The first-order valence-electron chi connectivity index (χ1n) is 4.05. The van der Waals surface area contributed by atoms with Crippen LogP contribution >= 0.6 is 11.8 Å². The maximum absolute atomic E-state index is 11.2. The van der Waals surface area contributed by atoms with Gasteiger partial charge in [0.1, 0.15) is 5.78 Å². The summed E-state index contributed by atoms with van der Waals surface area (Å²) in [7, 11) is 0. The van der Waals surface area contributed by atoms with E-state index >= 15 is 0 Å². The summed E-state index contributed by atoms with van der Waals surface area (Å²) in [6.07, 6.45) is 6.28. The Morgan fingerprint density at radius 1 is 1.67 bits per heavy atom. The van der Waals surface area contributed by atoms with Crippen LogP contribution in [0.15, 0.2) is 17.6 Å². The van der Waals surface area contributed by atoms with Crippen molar-refractivity contribution in [3.05, 3.63) is 12.4 Å². The molecule has 1 aromatic heterocycles. The second-order valence-electron chi connectivity index (χ2n) is 2.86. The van der Waals surface area contributed by atoms with Crippen LogP contribution < -0.4 is 0 Å². The fourth-order valence-electron chi connectivity index (χ4n) is 1.36. The lowest BCUT2D eigenvalue weighted by Crippen LogP contribution is -2.07. The quantitative estimate of drug-likeness (QED) is 0.756. The fourth-order valence-corrected chi connectivity index (χ4v) is 2.42. The van der Waals surface area contributed by atoms with E-state index in [-0.39, 0.29) is 5.25 Å². The highest BCUT2D eigenvalue weighted by Gasteiger charge is 2.25. The number of Topliss-reactive ketones (excluding diaryl/α,β-unsaturated/α-hetero) is 1. The summed E-state index contributed by atoms with van der Waals surface area (Å²) in [6, 6.07) is 0. The maximum atomic E-state index is 11.2. The SMILES string of the molecule is O=C1CCCC1Sc1ncc[nH]1. The van der Waals surface area contributed by atoms with E-state index in [9.17, 15) is 4.79 Å². The van der Waals surface area contributed by atoms with Crippen molar-refractivity contribution in [3.63, 3.8) is 0 Å². The highest BCUT2D eigenvalue weighted by Crippen LogP contribution is 2.30. The first-order chi connectivity index (χ1) is 5.86. The van der Waals surface area contributed by atoms with Gasteiger partial charge in [0.2, 0.25) is 0 Å². The number of imidazole rings is 1. The van der Waals surface area contributed by atoms with Crippen LogP contribution in [0.25, 0.3) is 0 Å². The third kappa shape index (κ3) is 1.53. The Morgan fingerprint density at radius 2 is 2.58 bits per heavy atom. The van der Waals surface area contributed by atoms with Crippen molar-refractivity contribution in [2.24, 2.45) is 0 Å². The van der Waals surface area contributed by atoms with Gasteiger partial charge in [-0.3, -0.25) is 4.79 Å². The molecule has 1 atom stereocenters. The number of carbonyl (C=O) groups excluding carboxylic acids is 1. The highest BCUT2D eigenvalue weighted by atomic mass is 32.2.